The quantitative estimate of drug-likeness (QED) is 0.351. The zero-order chi connectivity index (χ0) is 21.8. The lowest BCUT2D eigenvalue weighted by Crippen LogP contribution is -2.29. The van der Waals surface area contributed by atoms with Gasteiger partial charge in [-0.15, -0.1) is 0 Å². The van der Waals surface area contributed by atoms with Gasteiger partial charge in [0.1, 0.15) is 4.32 Å². The van der Waals surface area contributed by atoms with Crippen molar-refractivity contribution in [3.63, 3.8) is 0 Å². The molecule has 0 aliphatic carbocycles. The summed E-state index contributed by atoms with van der Waals surface area (Å²) in [4.78, 5) is 27.3. The van der Waals surface area contributed by atoms with Crippen molar-refractivity contribution in [3.8, 4) is 0 Å². The maximum Gasteiger partial charge on any atom is 0.266 e. The normalized spacial score (nSPS) is 15.1. The average Bonchev–Trinajstić information content (AvgIpc) is 3.03. The van der Waals surface area contributed by atoms with Gasteiger partial charge in [0.25, 0.3) is 5.91 Å². The van der Waals surface area contributed by atoms with Crippen LogP contribution in [0.2, 0.25) is 5.02 Å². The number of hydrogen-bond donors (Lipinski definition) is 1. The highest BCUT2D eigenvalue weighted by Gasteiger charge is 2.31. The lowest BCUT2D eigenvalue weighted by molar-refractivity contribution is -0.122. The maximum atomic E-state index is 12.8. The van der Waals surface area contributed by atoms with E-state index in [0.29, 0.717) is 33.6 Å². The fourth-order valence-electron chi connectivity index (χ4n) is 3.37. The lowest BCUT2D eigenvalue weighted by Gasteiger charge is -2.14. The molecule has 7 heteroatoms. The Kier molecular flexibility index (Phi) is 6.70. The van der Waals surface area contributed by atoms with Crippen LogP contribution in [0.1, 0.15) is 18.4 Å². The number of amides is 2. The van der Waals surface area contributed by atoms with Gasteiger partial charge in [0.15, 0.2) is 0 Å². The minimum atomic E-state index is -0.149. The number of nitrogens with zero attached hydrogens (tertiary/aromatic N) is 1. The number of anilines is 1. The Labute approximate surface area is 195 Å². The van der Waals surface area contributed by atoms with Gasteiger partial charge in [-0.25, -0.2) is 0 Å². The Morgan fingerprint density at radius 2 is 1.81 bits per heavy atom. The molecule has 0 atom stereocenters. The van der Waals surface area contributed by atoms with E-state index < -0.39 is 0 Å². The number of carbonyl (C=O) groups is 2. The molecule has 0 bridgehead atoms. The highest BCUT2D eigenvalue weighted by Crippen LogP contribution is 2.34. The van der Waals surface area contributed by atoms with E-state index in [4.69, 9.17) is 23.8 Å². The van der Waals surface area contributed by atoms with Gasteiger partial charge in [0, 0.05) is 29.1 Å². The molecule has 3 aromatic carbocycles. The SMILES string of the molecule is O=C(CCCN1C(=O)C(=Cc2ccccc2Cl)SC1=S)Nc1cccc2ccccc12. The van der Waals surface area contributed by atoms with Crippen LogP contribution < -0.4 is 5.32 Å². The molecular formula is C24H19ClN2O2S2. The first-order valence-corrected chi connectivity index (χ1v) is 11.4. The van der Waals surface area contributed by atoms with E-state index in [-0.39, 0.29) is 11.8 Å². The number of rotatable bonds is 6. The molecule has 1 aliphatic rings. The molecule has 0 radical (unpaired) electrons. The van der Waals surface area contributed by atoms with Gasteiger partial charge in [0.2, 0.25) is 5.91 Å². The minimum absolute atomic E-state index is 0.0894. The van der Waals surface area contributed by atoms with Crippen molar-refractivity contribution in [1.82, 2.24) is 4.90 Å². The summed E-state index contributed by atoms with van der Waals surface area (Å²) in [6.07, 6.45) is 2.57. The summed E-state index contributed by atoms with van der Waals surface area (Å²) < 4.78 is 0.498. The molecule has 1 saturated heterocycles. The highest BCUT2D eigenvalue weighted by atomic mass is 35.5. The van der Waals surface area contributed by atoms with Crippen molar-refractivity contribution in [1.29, 1.82) is 0 Å². The molecule has 1 heterocycles. The topological polar surface area (TPSA) is 49.4 Å². The first kappa shape index (κ1) is 21.6. The van der Waals surface area contributed by atoms with Gasteiger partial charge in [-0.1, -0.05) is 90.2 Å². The molecule has 3 aromatic rings. The fraction of sp³-hybridized carbons (Fsp3) is 0.125. The standard InChI is InChI=1S/C24H19ClN2O2S2/c25-19-11-4-2-8-17(19)15-21-23(29)27(24(30)31-21)14-6-13-22(28)26-20-12-5-9-16-7-1-3-10-18(16)20/h1-5,7-12,15H,6,13-14H2,(H,26,28). The summed E-state index contributed by atoms with van der Waals surface area (Å²) in [6, 6.07) is 21.1. The van der Waals surface area contributed by atoms with Crippen LogP contribution in [0.25, 0.3) is 16.8 Å². The molecule has 0 unspecified atom stereocenters. The second kappa shape index (κ2) is 9.64. The summed E-state index contributed by atoms with van der Waals surface area (Å²) in [5.41, 5.74) is 1.57. The second-order valence-corrected chi connectivity index (χ2v) is 9.12. The van der Waals surface area contributed by atoms with E-state index in [1.807, 2.05) is 60.7 Å². The monoisotopic (exact) mass is 466 g/mol. The first-order chi connectivity index (χ1) is 15.0. The molecule has 0 spiro atoms. The van der Waals surface area contributed by atoms with E-state index in [0.717, 1.165) is 22.0 Å². The van der Waals surface area contributed by atoms with Crippen LogP contribution in [0, 0.1) is 0 Å². The molecule has 1 N–H and O–H groups in total. The summed E-state index contributed by atoms with van der Waals surface area (Å²) in [5.74, 6) is -0.238. The van der Waals surface area contributed by atoms with Gasteiger partial charge >= 0.3 is 0 Å². The Hall–Kier alpha value is -2.67. The Morgan fingerprint density at radius 1 is 1.06 bits per heavy atom. The average molecular weight is 467 g/mol. The summed E-state index contributed by atoms with van der Waals surface area (Å²) >= 11 is 12.8. The van der Waals surface area contributed by atoms with Crippen LogP contribution in [-0.2, 0) is 9.59 Å². The maximum absolute atomic E-state index is 12.8. The molecule has 4 nitrogen and oxygen atoms in total. The largest absolute Gasteiger partial charge is 0.326 e. The molecule has 2 amide bonds. The third-order valence-electron chi connectivity index (χ3n) is 4.91. The number of carbonyl (C=O) groups excluding carboxylic acids is 2. The molecule has 156 valence electrons. The third-order valence-corrected chi connectivity index (χ3v) is 6.64. The van der Waals surface area contributed by atoms with Gasteiger partial charge in [-0.05, 0) is 35.6 Å². The Morgan fingerprint density at radius 3 is 2.65 bits per heavy atom. The van der Waals surface area contributed by atoms with Crippen LogP contribution in [0.15, 0.2) is 71.6 Å². The van der Waals surface area contributed by atoms with Crippen molar-refractivity contribution in [2.24, 2.45) is 0 Å². The van der Waals surface area contributed by atoms with Gasteiger partial charge < -0.3 is 5.32 Å². The smallest absolute Gasteiger partial charge is 0.266 e. The molecule has 1 fully saturated rings. The van der Waals surface area contributed by atoms with E-state index in [2.05, 4.69) is 5.32 Å². The predicted molar refractivity (Wildman–Crippen MR) is 133 cm³/mol. The van der Waals surface area contributed by atoms with Gasteiger partial charge in [0.05, 0.1) is 4.91 Å². The zero-order valence-electron chi connectivity index (χ0n) is 16.5. The lowest BCUT2D eigenvalue weighted by atomic mass is 10.1. The zero-order valence-corrected chi connectivity index (χ0v) is 18.9. The number of nitrogens with one attached hydrogen (secondary N) is 1. The van der Waals surface area contributed by atoms with Crippen LogP contribution in [0.3, 0.4) is 0 Å². The van der Waals surface area contributed by atoms with E-state index in [1.165, 1.54) is 11.8 Å². The number of fused-ring (bicyclic) bond motifs is 1. The van der Waals surface area contributed by atoms with Crippen LogP contribution in [0.4, 0.5) is 5.69 Å². The molecule has 31 heavy (non-hydrogen) atoms. The number of benzene rings is 3. The van der Waals surface area contributed by atoms with E-state index in [9.17, 15) is 9.59 Å². The fourth-order valence-corrected chi connectivity index (χ4v) is 4.86. The van der Waals surface area contributed by atoms with Crippen molar-refractivity contribution < 1.29 is 9.59 Å². The van der Waals surface area contributed by atoms with E-state index >= 15 is 0 Å². The van der Waals surface area contributed by atoms with Crippen molar-refractivity contribution in [2.45, 2.75) is 12.8 Å². The number of halogens is 1. The van der Waals surface area contributed by atoms with E-state index in [1.54, 1.807) is 17.0 Å². The van der Waals surface area contributed by atoms with Crippen LogP contribution >= 0.6 is 35.6 Å². The van der Waals surface area contributed by atoms with Gasteiger partial charge in [-0.3, -0.25) is 14.5 Å². The highest BCUT2D eigenvalue weighted by molar-refractivity contribution is 8.26. The molecule has 0 saturated carbocycles. The van der Waals surface area contributed by atoms with Crippen molar-refractivity contribution in [2.75, 3.05) is 11.9 Å². The van der Waals surface area contributed by atoms with Crippen molar-refractivity contribution >= 4 is 74.3 Å². The first-order valence-electron chi connectivity index (χ1n) is 9.80. The summed E-state index contributed by atoms with van der Waals surface area (Å²) in [5, 5.41) is 5.63. The molecular weight excluding hydrogens is 448 g/mol. The third kappa shape index (κ3) is 4.98. The Bertz CT molecular complexity index is 1200. The molecule has 0 aromatic heterocycles. The minimum Gasteiger partial charge on any atom is -0.326 e. The summed E-state index contributed by atoms with van der Waals surface area (Å²) in [6.45, 7) is 0.396. The number of thioether (sulfide) groups is 1. The second-order valence-electron chi connectivity index (χ2n) is 7.03. The number of thiocarbonyl (C=S) groups is 1. The predicted octanol–water partition coefficient (Wildman–Crippen LogP) is 6.11. The molecule has 4 rings (SSSR count). The summed E-state index contributed by atoms with van der Waals surface area (Å²) in [7, 11) is 0. The van der Waals surface area contributed by atoms with Crippen LogP contribution in [0.5, 0.6) is 0 Å². The van der Waals surface area contributed by atoms with Crippen molar-refractivity contribution in [3.05, 3.63) is 82.2 Å². The van der Waals surface area contributed by atoms with Gasteiger partial charge in [-0.2, -0.15) is 0 Å². The number of hydrogen-bond acceptors (Lipinski definition) is 4. The molecule has 1 aliphatic heterocycles. The Balaban J connectivity index is 1.35. The van der Waals surface area contributed by atoms with Crippen LogP contribution in [-0.4, -0.2) is 27.6 Å².